The van der Waals surface area contributed by atoms with E-state index in [1.165, 1.54) is 17.7 Å². The van der Waals surface area contributed by atoms with Gasteiger partial charge in [-0.05, 0) is 56.0 Å². The molecule has 0 saturated heterocycles. The standard InChI is InChI=1S/C21H25NO3S/c1-13-19-16(11-14(12-17(19)23)18-9-6-10-26-18)22-20(13)21(24)25-15-7-4-2-3-5-8-15/h6,9-10,14-15,22H,2-5,7-8,11-12H2,1H3/t14-/m0/s1. The van der Waals surface area contributed by atoms with Crippen molar-refractivity contribution in [2.24, 2.45) is 0 Å². The number of H-pyrrole nitrogens is 1. The number of ketones is 1. The average Bonchev–Trinajstić information content (AvgIpc) is 3.18. The third kappa shape index (κ3) is 3.37. The molecule has 2 aliphatic carbocycles. The van der Waals surface area contributed by atoms with Crippen molar-refractivity contribution >= 4 is 23.1 Å². The lowest BCUT2D eigenvalue weighted by molar-refractivity contribution is 0.0260. The normalized spacial score (nSPS) is 21.3. The molecule has 4 nitrogen and oxygen atoms in total. The number of ether oxygens (including phenoxy) is 1. The van der Waals surface area contributed by atoms with Crippen molar-refractivity contribution in [3.8, 4) is 0 Å². The highest BCUT2D eigenvalue weighted by Gasteiger charge is 2.33. The van der Waals surface area contributed by atoms with Crippen LogP contribution in [0.25, 0.3) is 0 Å². The number of aromatic amines is 1. The molecule has 26 heavy (non-hydrogen) atoms. The Balaban J connectivity index is 1.55. The smallest absolute Gasteiger partial charge is 0.355 e. The maximum Gasteiger partial charge on any atom is 0.355 e. The summed E-state index contributed by atoms with van der Waals surface area (Å²) in [4.78, 5) is 29.9. The first-order chi connectivity index (χ1) is 12.6. The zero-order valence-corrected chi connectivity index (χ0v) is 16.0. The van der Waals surface area contributed by atoms with Gasteiger partial charge in [-0.1, -0.05) is 18.9 Å². The van der Waals surface area contributed by atoms with Gasteiger partial charge in [0.15, 0.2) is 5.78 Å². The summed E-state index contributed by atoms with van der Waals surface area (Å²) >= 11 is 1.69. The number of carbonyl (C=O) groups is 2. The first-order valence-electron chi connectivity index (χ1n) is 9.62. The summed E-state index contributed by atoms with van der Waals surface area (Å²) in [6.45, 7) is 1.86. The first kappa shape index (κ1) is 17.5. The van der Waals surface area contributed by atoms with Crippen LogP contribution in [0.5, 0.6) is 0 Å². The number of aromatic nitrogens is 1. The zero-order chi connectivity index (χ0) is 18.1. The van der Waals surface area contributed by atoms with Gasteiger partial charge in [0, 0.05) is 28.5 Å². The molecule has 0 unspecified atom stereocenters. The molecule has 4 rings (SSSR count). The number of Topliss-reactive ketones (excluding diaryl/α,β-unsaturated/α-hetero) is 1. The van der Waals surface area contributed by atoms with Crippen molar-refractivity contribution in [2.45, 2.75) is 70.3 Å². The molecule has 0 amide bonds. The second-order valence-electron chi connectivity index (χ2n) is 7.54. The van der Waals surface area contributed by atoms with Crippen molar-refractivity contribution in [3.63, 3.8) is 0 Å². The molecule has 0 aliphatic heterocycles. The van der Waals surface area contributed by atoms with Crippen LogP contribution in [0.1, 0.15) is 87.8 Å². The van der Waals surface area contributed by atoms with E-state index < -0.39 is 0 Å². The average molecular weight is 372 g/mol. The van der Waals surface area contributed by atoms with E-state index in [1.807, 2.05) is 18.4 Å². The highest BCUT2D eigenvalue weighted by Crippen LogP contribution is 2.37. The van der Waals surface area contributed by atoms with Crippen LogP contribution in [-0.4, -0.2) is 22.8 Å². The lowest BCUT2D eigenvalue weighted by Crippen LogP contribution is -2.18. The molecular formula is C21H25NO3S. The number of thiophene rings is 1. The van der Waals surface area contributed by atoms with Crippen LogP contribution in [0.3, 0.4) is 0 Å². The Bertz CT molecular complexity index is 798. The summed E-state index contributed by atoms with van der Waals surface area (Å²) < 4.78 is 5.77. The minimum atomic E-state index is -0.302. The molecule has 1 fully saturated rings. The Morgan fingerprint density at radius 3 is 2.65 bits per heavy atom. The van der Waals surface area contributed by atoms with E-state index in [4.69, 9.17) is 4.74 Å². The largest absolute Gasteiger partial charge is 0.458 e. The molecule has 1 N–H and O–H groups in total. The van der Waals surface area contributed by atoms with Gasteiger partial charge < -0.3 is 9.72 Å². The van der Waals surface area contributed by atoms with Crippen LogP contribution in [0, 0.1) is 6.92 Å². The van der Waals surface area contributed by atoms with Crippen LogP contribution >= 0.6 is 11.3 Å². The number of nitrogens with one attached hydrogen (secondary N) is 1. The molecule has 0 spiro atoms. The van der Waals surface area contributed by atoms with E-state index >= 15 is 0 Å². The topological polar surface area (TPSA) is 59.2 Å². The maximum atomic E-state index is 12.7. The Labute approximate surface area is 158 Å². The maximum absolute atomic E-state index is 12.7. The van der Waals surface area contributed by atoms with Crippen molar-refractivity contribution < 1.29 is 14.3 Å². The third-order valence-electron chi connectivity index (χ3n) is 5.71. The molecule has 1 atom stereocenters. The molecule has 2 aromatic heterocycles. The molecule has 0 radical (unpaired) electrons. The minimum absolute atomic E-state index is 0.0132. The van der Waals surface area contributed by atoms with Gasteiger partial charge in [0.1, 0.15) is 11.8 Å². The lowest BCUT2D eigenvalue weighted by Gasteiger charge is -2.20. The SMILES string of the molecule is Cc1c(C(=O)OC2CCCCCC2)[nH]c2c1C(=O)C[C@@H](c1cccs1)C2. The fourth-order valence-electron chi connectivity index (χ4n) is 4.33. The van der Waals surface area contributed by atoms with Gasteiger partial charge in [0.05, 0.1) is 0 Å². The van der Waals surface area contributed by atoms with Crippen LogP contribution in [0.2, 0.25) is 0 Å². The van der Waals surface area contributed by atoms with Crippen LogP contribution in [0.4, 0.5) is 0 Å². The quantitative estimate of drug-likeness (QED) is 0.597. The number of hydrogen-bond donors (Lipinski definition) is 1. The van der Waals surface area contributed by atoms with Gasteiger partial charge >= 0.3 is 5.97 Å². The number of fused-ring (bicyclic) bond motifs is 1. The number of rotatable bonds is 3. The van der Waals surface area contributed by atoms with Crippen molar-refractivity contribution in [1.29, 1.82) is 0 Å². The Morgan fingerprint density at radius 2 is 1.96 bits per heavy atom. The second-order valence-corrected chi connectivity index (χ2v) is 8.52. The first-order valence-corrected chi connectivity index (χ1v) is 10.5. The Morgan fingerprint density at radius 1 is 1.19 bits per heavy atom. The number of hydrogen-bond acceptors (Lipinski definition) is 4. The zero-order valence-electron chi connectivity index (χ0n) is 15.2. The predicted octanol–water partition coefficient (Wildman–Crippen LogP) is 5.18. The van der Waals surface area contributed by atoms with Crippen LogP contribution < -0.4 is 0 Å². The molecule has 0 aromatic carbocycles. The summed E-state index contributed by atoms with van der Waals surface area (Å²) in [6.07, 6.45) is 7.90. The van der Waals surface area contributed by atoms with E-state index in [0.29, 0.717) is 17.7 Å². The summed E-state index contributed by atoms with van der Waals surface area (Å²) in [6, 6.07) is 4.11. The Kier molecular flexibility index (Phi) is 4.98. The summed E-state index contributed by atoms with van der Waals surface area (Å²) in [5.74, 6) is 0.0370. The molecule has 0 bridgehead atoms. The molecule has 2 aliphatic rings. The van der Waals surface area contributed by atoms with Crippen LogP contribution in [0.15, 0.2) is 17.5 Å². The third-order valence-corrected chi connectivity index (χ3v) is 6.75. The monoisotopic (exact) mass is 371 g/mol. The fourth-order valence-corrected chi connectivity index (χ4v) is 5.16. The van der Waals surface area contributed by atoms with E-state index in [-0.39, 0.29) is 23.8 Å². The molecule has 2 aromatic rings. The van der Waals surface area contributed by atoms with E-state index in [9.17, 15) is 9.59 Å². The second kappa shape index (κ2) is 7.39. The number of esters is 1. The number of carbonyl (C=O) groups excluding carboxylic acids is 2. The summed E-state index contributed by atoms with van der Waals surface area (Å²) in [7, 11) is 0. The van der Waals surface area contributed by atoms with Crippen LogP contribution in [-0.2, 0) is 11.2 Å². The molecule has 138 valence electrons. The van der Waals surface area contributed by atoms with Gasteiger partial charge in [-0.2, -0.15) is 0 Å². The molecule has 1 saturated carbocycles. The van der Waals surface area contributed by atoms with Gasteiger partial charge in [-0.3, -0.25) is 4.79 Å². The summed E-state index contributed by atoms with van der Waals surface area (Å²) in [5.41, 5.74) is 2.84. The summed E-state index contributed by atoms with van der Waals surface area (Å²) in [5, 5.41) is 2.05. The highest BCUT2D eigenvalue weighted by molar-refractivity contribution is 7.10. The van der Waals surface area contributed by atoms with Crippen molar-refractivity contribution in [1.82, 2.24) is 4.98 Å². The molecule has 2 heterocycles. The van der Waals surface area contributed by atoms with Gasteiger partial charge in [-0.15, -0.1) is 11.3 Å². The van der Waals surface area contributed by atoms with Gasteiger partial charge in [0.25, 0.3) is 0 Å². The molecule has 5 heteroatoms. The predicted molar refractivity (Wildman–Crippen MR) is 102 cm³/mol. The van der Waals surface area contributed by atoms with Gasteiger partial charge in [-0.25, -0.2) is 4.79 Å². The lowest BCUT2D eigenvalue weighted by atomic mass is 9.84. The van der Waals surface area contributed by atoms with Gasteiger partial charge in [0.2, 0.25) is 0 Å². The molecular weight excluding hydrogens is 346 g/mol. The van der Waals surface area contributed by atoms with Crippen molar-refractivity contribution in [3.05, 3.63) is 44.9 Å². The fraction of sp³-hybridized carbons (Fsp3) is 0.524. The highest BCUT2D eigenvalue weighted by atomic mass is 32.1. The van der Waals surface area contributed by atoms with E-state index in [1.54, 1.807) is 11.3 Å². The van der Waals surface area contributed by atoms with E-state index in [0.717, 1.165) is 43.4 Å². The van der Waals surface area contributed by atoms with Crippen molar-refractivity contribution in [2.75, 3.05) is 0 Å². The van der Waals surface area contributed by atoms with E-state index in [2.05, 4.69) is 11.1 Å². The minimum Gasteiger partial charge on any atom is -0.458 e. The Hall–Kier alpha value is -1.88.